The molecular formula is C23H20N2O4. The molecule has 2 atom stereocenters. The Labute approximate surface area is 168 Å². The number of anilines is 2. The Kier molecular flexibility index (Phi) is 4.84. The summed E-state index contributed by atoms with van der Waals surface area (Å²) in [5.41, 5.74) is 1.90. The Morgan fingerprint density at radius 2 is 1.52 bits per heavy atom. The van der Waals surface area contributed by atoms with Gasteiger partial charge in [-0.3, -0.25) is 24.1 Å². The number of carbonyl (C=O) groups is 4. The number of amides is 3. The minimum atomic E-state index is -0.339. The van der Waals surface area contributed by atoms with Gasteiger partial charge in [-0.2, -0.15) is 0 Å². The van der Waals surface area contributed by atoms with Crippen LogP contribution in [0.15, 0.2) is 60.7 Å². The van der Waals surface area contributed by atoms with Crippen LogP contribution in [-0.2, 0) is 9.59 Å². The number of rotatable bonds is 4. The smallest absolute Gasteiger partial charge is 0.255 e. The highest BCUT2D eigenvalue weighted by atomic mass is 16.2. The molecule has 1 aliphatic heterocycles. The first kappa shape index (κ1) is 18.8. The maximum atomic E-state index is 12.7. The van der Waals surface area contributed by atoms with Crippen LogP contribution < -0.4 is 10.2 Å². The maximum absolute atomic E-state index is 12.7. The number of hydrogen-bond donors (Lipinski definition) is 1. The summed E-state index contributed by atoms with van der Waals surface area (Å²) >= 11 is 0. The number of hydrogen-bond acceptors (Lipinski definition) is 4. The van der Waals surface area contributed by atoms with Crippen molar-refractivity contribution in [3.05, 3.63) is 71.8 Å². The third-order valence-corrected chi connectivity index (χ3v) is 5.42. The van der Waals surface area contributed by atoms with Crippen LogP contribution in [0.25, 0.3) is 0 Å². The van der Waals surface area contributed by atoms with Gasteiger partial charge < -0.3 is 5.32 Å². The first-order chi connectivity index (χ1) is 14.0. The molecule has 6 heteroatoms. The molecule has 0 aromatic heterocycles. The molecular weight excluding hydrogens is 368 g/mol. The van der Waals surface area contributed by atoms with Crippen molar-refractivity contribution in [2.24, 2.45) is 11.8 Å². The van der Waals surface area contributed by atoms with Crippen LogP contribution in [0.5, 0.6) is 0 Å². The Morgan fingerprint density at radius 1 is 0.897 bits per heavy atom. The Balaban J connectivity index is 1.50. The van der Waals surface area contributed by atoms with Gasteiger partial charge in [-0.15, -0.1) is 0 Å². The van der Waals surface area contributed by atoms with Gasteiger partial charge in [0, 0.05) is 16.8 Å². The van der Waals surface area contributed by atoms with Gasteiger partial charge >= 0.3 is 0 Å². The number of ketones is 1. The van der Waals surface area contributed by atoms with Crippen LogP contribution in [0.3, 0.4) is 0 Å². The van der Waals surface area contributed by atoms with Crippen LogP contribution in [-0.4, -0.2) is 23.5 Å². The Bertz CT molecular complexity index is 1010. The minimum Gasteiger partial charge on any atom is -0.322 e. The van der Waals surface area contributed by atoms with Gasteiger partial charge in [0.05, 0.1) is 17.5 Å². The molecule has 4 rings (SSSR count). The number of allylic oxidation sites excluding steroid dienone is 2. The van der Waals surface area contributed by atoms with Gasteiger partial charge in [-0.1, -0.05) is 24.3 Å². The van der Waals surface area contributed by atoms with E-state index in [2.05, 4.69) is 5.32 Å². The fourth-order valence-electron chi connectivity index (χ4n) is 3.84. The lowest BCUT2D eigenvalue weighted by molar-refractivity contribution is -0.122. The number of benzene rings is 2. The van der Waals surface area contributed by atoms with Gasteiger partial charge in [0.1, 0.15) is 0 Å². The number of nitrogens with one attached hydrogen (secondary N) is 1. The summed E-state index contributed by atoms with van der Waals surface area (Å²) in [4.78, 5) is 50.6. The summed E-state index contributed by atoms with van der Waals surface area (Å²) in [6.45, 7) is 1.47. The summed E-state index contributed by atoms with van der Waals surface area (Å²) in [5.74, 6) is -1.35. The van der Waals surface area contributed by atoms with Gasteiger partial charge in [0.25, 0.3) is 5.91 Å². The molecule has 29 heavy (non-hydrogen) atoms. The highest BCUT2D eigenvalue weighted by Gasteiger charge is 2.47. The van der Waals surface area contributed by atoms with E-state index in [4.69, 9.17) is 0 Å². The zero-order chi connectivity index (χ0) is 20.5. The second kappa shape index (κ2) is 7.47. The first-order valence-electron chi connectivity index (χ1n) is 9.51. The molecule has 0 saturated carbocycles. The van der Waals surface area contributed by atoms with Crippen LogP contribution in [0, 0.1) is 11.8 Å². The van der Waals surface area contributed by atoms with Crippen molar-refractivity contribution in [1.82, 2.24) is 0 Å². The maximum Gasteiger partial charge on any atom is 0.255 e. The standard InChI is InChI=1S/C23H20N2O4/c1-14(26)16-5-4-6-17(13-16)24-21(27)15-9-11-18(12-10-15)25-22(28)19-7-2-3-8-20(19)23(25)29/h2-6,9-13,19-20H,7-8H2,1H3,(H,24,27). The SMILES string of the molecule is CC(=O)c1cccc(NC(=O)c2ccc(N3C(=O)C4CC=CCC4C3=O)cc2)c1. The summed E-state index contributed by atoms with van der Waals surface area (Å²) in [6, 6.07) is 13.1. The molecule has 1 aliphatic carbocycles. The Morgan fingerprint density at radius 3 is 2.10 bits per heavy atom. The van der Waals surface area contributed by atoms with E-state index in [1.807, 2.05) is 12.2 Å². The summed E-state index contributed by atoms with van der Waals surface area (Å²) in [6.07, 6.45) is 5.08. The highest BCUT2D eigenvalue weighted by molar-refractivity contribution is 6.22. The van der Waals surface area contributed by atoms with Crippen molar-refractivity contribution in [3.63, 3.8) is 0 Å². The number of fused-ring (bicyclic) bond motifs is 1. The van der Waals surface area contributed by atoms with Gasteiger partial charge in [-0.05, 0) is 56.2 Å². The van der Waals surface area contributed by atoms with Crippen LogP contribution >= 0.6 is 0 Å². The monoisotopic (exact) mass is 388 g/mol. The molecule has 0 radical (unpaired) electrons. The molecule has 2 unspecified atom stereocenters. The van der Waals surface area contributed by atoms with Crippen molar-refractivity contribution in [2.45, 2.75) is 19.8 Å². The fourth-order valence-corrected chi connectivity index (χ4v) is 3.84. The Hall–Kier alpha value is -3.54. The predicted molar refractivity (Wildman–Crippen MR) is 109 cm³/mol. The highest BCUT2D eigenvalue weighted by Crippen LogP contribution is 2.37. The number of carbonyl (C=O) groups excluding carboxylic acids is 4. The topological polar surface area (TPSA) is 83.6 Å². The molecule has 1 heterocycles. The van der Waals surface area contributed by atoms with Gasteiger partial charge in [0.2, 0.25) is 11.8 Å². The quantitative estimate of drug-likeness (QED) is 0.493. The van der Waals surface area contributed by atoms with Crippen molar-refractivity contribution in [2.75, 3.05) is 10.2 Å². The van der Waals surface area contributed by atoms with E-state index in [0.717, 1.165) is 0 Å². The van der Waals surface area contributed by atoms with Crippen molar-refractivity contribution in [3.8, 4) is 0 Å². The molecule has 1 fully saturated rings. The van der Waals surface area contributed by atoms with Crippen LogP contribution in [0.4, 0.5) is 11.4 Å². The van der Waals surface area contributed by atoms with E-state index < -0.39 is 0 Å². The van der Waals surface area contributed by atoms with E-state index in [9.17, 15) is 19.2 Å². The van der Waals surface area contributed by atoms with E-state index in [-0.39, 0.29) is 35.3 Å². The molecule has 2 aromatic carbocycles. The molecule has 2 aliphatic rings. The number of Topliss-reactive ketones (excluding diaryl/α,β-unsaturated/α-hetero) is 1. The summed E-state index contributed by atoms with van der Waals surface area (Å²) in [5, 5.41) is 2.75. The van der Waals surface area contributed by atoms with Crippen molar-refractivity contribution < 1.29 is 19.2 Å². The zero-order valence-electron chi connectivity index (χ0n) is 15.9. The predicted octanol–water partition coefficient (Wildman–Crippen LogP) is 3.60. The lowest BCUT2D eigenvalue weighted by Crippen LogP contribution is -2.30. The molecule has 2 aromatic rings. The molecule has 1 saturated heterocycles. The van der Waals surface area contributed by atoms with Crippen molar-refractivity contribution >= 4 is 34.9 Å². The minimum absolute atomic E-state index is 0.0823. The summed E-state index contributed by atoms with van der Waals surface area (Å²) < 4.78 is 0. The molecule has 0 spiro atoms. The largest absolute Gasteiger partial charge is 0.322 e. The van der Waals surface area contributed by atoms with E-state index in [1.54, 1.807) is 48.5 Å². The van der Waals surface area contributed by atoms with E-state index in [1.165, 1.54) is 11.8 Å². The van der Waals surface area contributed by atoms with Crippen molar-refractivity contribution in [1.29, 1.82) is 0 Å². The second-order valence-electron chi connectivity index (χ2n) is 7.31. The average Bonchev–Trinajstić information content (AvgIpc) is 2.99. The zero-order valence-corrected chi connectivity index (χ0v) is 15.9. The number of imide groups is 1. The van der Waals surface area contributed by atoms with Gasteiger partial charge in [0.15, 0.2) is 5.78 Å². The molecule has 146 valence electrons. The normalized spacial score (nSPS) is 20.5. The second-order valence-corrected chi connectivity index (χ2v) is 7.31. The molecule has 6 nitrogen and oxygen atoms in total. The van der Waals surface area contributed by atoms with Crippen LogP contribution in [0.2, 0.25) is 0 Å². The third kappa shape index (κ3) is 3.49. The first-order valence-corrected chi connectivity index (χ1v) is 9.51. The fraction of sp³-hybridized carbons (Fsp3) is 0.217. The molecule has 1 N–H and O–H groups in total. The summed E-state index contributed by atoms with van der Waals surface area (Å²) in [7, 11) is 0. The van der Waals surface area contributed by atoms with Crippen LogP contribution in [0.1, 0.15) is 40.5 Å². The van der Waals surface area contributed by atoms with Gasteiger partial charge in [-0.25, -0.2) is 0 Å². The number of nitrogens with zero attached hydrogens (tertiary/aromatic N) is 1. The lowest BCUT2D eigenvalue weighted by atomic mass is 9.85. The average molecular weight is 388 g/mol. The van der Waals surface area contributed by atoms with E-state index >= 15 is 0 Å². The van der Waals surface area contributed by atoms with E-state index in [0.29, 0.717) is 35.3 Å². The molecule has 3 amide bonds. The lowest BCUT2D eigenvalue weighted by Gasteiger charge is -2.15. The third-order valence-electron chi connectivity index (χ3n) is 5.42. The molecule has 0 bridgehead atoms.